The van der Waals surface area contributed by atoms with Crippen LogP contribution in [0.3, 0.4) is 0 Å². The molecule has 0 radical (unpaired) electrons. The van der Waals surface area contributed by atoms with Crippen molar-refractivity contribution in [3.05, 3.63) is 35.4 Å². The van der Waals surface area contributed by atoms with E-state index in [1.54, 1.807) is 26.0 Å². The van der Waals surface area contributed by atoms with E-state index < -0.39 is 11.7 Å². The standard InChI is InChI=1S/C23H39N5O3/c1-8-9-10-19(16-26-22(30)31-23(2,3)4)27-21(24-5)25-15-17-11-13-18(14-12-17)20(29)28(6)7/h11-14,19H,8-10,15-16H2,1-7H3,(H,26,30)(H2,24,25,27). The lowest BCUT2D eigenvalue weighted by atomic mass is 10.1. The summed E-state index contributed by atoms with van der Waals surface area (Å²) in [6, 6.07) is 7.53. The molecule has 2 amide bonds. The van der Waals surface area contributed by atoms with E-state index in [4.69, 9.17) is 4.74 Å². The third-order valence-corrected chi connectivity index (χ3v) is 4.43. The summed E-state index contributed by atoms with van der Waals surface area (Å²) in [5.41, 5.74) is 1.17. The molecule has 0 spiro atoms. The van der Waals surface area contributed by atoms with Gasteiger partial charge in [-0.05, 0) is 44.9 Å². The molecule has 1 atom stereocenters. The number of ether oxygens (including phenoxy) is 1. The van der Waals surface area contributed by atoms with Crippen LogP contribution in [-0.2, 0) is 11.3 Å². The fourth-order valence-electron chi connectivity index (χ4n) is 2.79. The van der Waals surface area contributed by atoms with E-state index >= 15 is 0 Å². The van der Waals surface area contributed by atoms with Crippen LogP contribution in [0.4, 0.5) is 4.79 Å². The predicted octanol–water partition coefficient (Wildman–Crippen LogP) is 3.14. The first-order chi connectivity index (χ1) is 14.6. The number of nitrogens with one attached hydrogen (secondary N) is 3. The number of nitrogens with zero attached hydrogens (tertiary/aromatic N) is 2. The molecule has 0 aliphatic carbocycles. The molecular formula is C23H39N5O3. The van der Waals surface area contributed by atoms with Gasteiger partial charge < -0.3 is 25.6 Å². The van der Waals surface area contributed by atoms with Gasteiger partial charge in [0.05, 0.1) is 0 Å². The average molecular weight is 434 g/mol. The summed E-state index contributed by atoms with van der Waals surface area (Å²) in [5.74, 6) is 0.633. The van der Waals surface area contributed by atoms with E-state index in [9.17, 15) is 9.59 Å². The smallest absolute Gasteiger partial charge is 0.407 e. The Labute approximate surface area is 186 Å². The van der Waals surface area contributed by atoms with Gasteiger partial charge in [-0.2, -0.15) is 0 Å². The van der Waals surface area contributed by atoms with E-state index in [1.165, 1.54) is 0 Å². The lowest BCUT2D eigenvalue weighted by Crippen LogP contribution is -2.48. The summed E-state index contributed by atoms with van der Waals surface area (Å²) in [6.07, 6.45) is 2.57. The van der Waals surface area contributed by atoms with Gasteiger partial charge in [-0.3, -0.25) is 9.79 Å². The highest BCUT2D eigenvalue weighted by Crippen LogP contribution is 2.08. The largest absolute Gasteiger partial charge is 0.444 e. The Balaban J connectivity index is 2.63. The number of rotatable bonds is 9. The maximum atomic E-state index is 12.0. The third kappa shape index (κ3) is 10.7. The van der Waals surface area contributed by atoms with Crippen LogP contribution in [-0.4, -0.2) is 62.2 Å². The number of aliphatic imine (C=N–C) groups is 1. The van der Waals surface area contributed by atoms with Crippen LogP contribution >= 0.6 is 0 Å². The highest BCUT2D eigenvalue weighted by atomic mass is 16.6. The zero-order valence-electron chi connectivity index (χ0n) is 20.0. The van der Waals surface area contributed by atoms with E-state index in [2.05, 4.69) is 27.9 Å². The molecule has 8 heteroatoms. The molecule has 0 aliphatic heterocycles. The highest BCUT2D eigenvalue weighted by Gasteiger charge is 2.18. The number of carbonyl (C=O) groups is 2. The van der Waals surface area contributed by atoms with Gasteiger partial charge in [-0.1, -0.05) is 31.9 Å². The van der Waals surface area contributed by atoms with Gasteiger partial charge in [0, 0.05) is 45.8 Å². The Morgan fingerprint density at radius 2 is 1.77 bits per heavy atom. The van der Waals surface area contributed by atoms with Crippen LogP contribution in [0.25, 0.3) is 0 Å². The van der Waals surface area contributed by atoms with Crippen molar-refractivity contribution in [1.29, 1.82) is 0 Å². The quantitative estimate of drug-likeness (QED) is 0.411. The normalized spacial score (nSPS) is 12.7. The van der Waals surface area contributed by atoms with Crippen molar-refractivity contribution in [2.45, 2.75) is 65.1 Å². The van der Waals surface area contributed by atoms with Crippen LogP contribution in [0.1, 0.15) is 62.9 Å². The first-order valence-corrected chi connectivity index (χ1v) is 10.8. The summed E-state index contributed by atoms with van der Waals surface area (Å²) in [7, 11) is 5.19. The van der Waals surface area contributed by atoms with Gasteiger partial charge in [-0.25, -0.2) is 4.79 Å². The molecular weight excluding hydrogens is 394 g/mol. The summed E-state index contributed by atoms with van der Waals surface area (Å²) in [5, 5.41) is 9.50. The summed E-state index contributed by atoms with van der Waals surface area (Å²) < 4.78 is 5.32. The first kappa shape index (κ1) is 26.3. The van der Waals surface area contributed by atoms with Gasteiger partial charge in [-0.15, -0.1) is 0 Å². The Morgan fingerprint density at radius 1 is 1.13 bits per heavy atom. The van der Waals surface area contributed by atoms with Crippen molar-refractivity contribution < 1.29 is 14.3 Å². The van der Waals surface area contributed by atoms with Crippen molar-refractivity contribution in [2.24, 2.45) is 4.99 Å². The number of guanidine groups is 1. The minimum atomic E-state index is -0.527. The molecule has 0 aromatic heterocycles. The Bertz CT molecular complexity index is 724. The molecule has 1 aromatic carbocycles. The second-order valence-corrected chi connectivity index (χ2v) is 8.69. The van der Waals surface area contributed by atoms with Crippen LogP contribution < -0.4 is 16.0 Å². The maximum absolute atomic E-state index is 12.0. The SMILES string of the molecule is CCCCC(CNC(=O)OC(C)(C)C)NC(=NC)NCc1ccc(C(=O)N(C)C)cc1. The minimum Gasteiger partial charge on any atom is -0.444 e. The van der Waals surface area contributed by atoms with E-state index in [0.29, 0.717) is 24.6 Å². The molecule has 3 N–H and O–H groups in total. The fraction of sp³-hybridized carbons (Fsp3) is 0.609. The lowest BCUT2D eigenvalue weighted by Gasteiger charge is -2.24. The van der Waals surface area contributed by atoms with Gasteiger partial charge in [0.15, 0.2) is 5.96 Å². The number of hydrogen-bond acceptors (Lipinski definition) is 4. The summed E-state index contributed by atoms with van der Waals surface area (Å²) in [6.45, 7) is 8.67. The van der Waals surface area contributed by atoms with Gasteiger partial charge in [0.25, 0.3) is 5.91 Å². The second-order valence-electron chi connectivity index (χ2n) is 8.69. The number of alkyl carbamates (subject to hydrolysis) is 1. The molecule has 174 valence electrons. The Hall–Kier alpha value is -2.77. The van der Waals surface area contributed by atoms with Crippen molar-refractivity contribution in [2.75, 3.05) is 27.7 Å². The third-order valence-electron chi connectivity index (χ3n) is 4.43. The van der Waals surface area contributed by atoms with Crippen molar-refractivity contribution >= 4 is 18.0 Å². The van der Waals surface area contributed by atoms with Crippen molar-refractivity contribution in [3.63, 3.8) is 0 Å². The maximum Gasteiger partial charge on any atom is 0.407 e. The Kier molecular flexibility index (Phi) is 10.9. The monoisotopic (exact) mass is 433 g/mol. The molecule has 1 aromatic rings. The number of carbonyl (C=O) groups excluding carboxylic acids is 2. The van der Waals surface area contributed by atoms with Crippen LogP contribution in [0.5, 0.6) is 0 Å². The first-order valence-electron chi connectivity index (χ1n) is 10.8. The zero-order chi connectivity index (χ0) is 23.4. The molecule has 1 unspecified atom stereocenters. The predicted molar refractivity (Wildman–Crippen MR) is 125 cm³/mol. The number of hydrogen-bond donors (Lipinski definition) is 3. The highest BCUT2D eigenvalue weighted by molar-refractivity contribution is 5.93. The van der Waals surface area contributed by atoms with Crippen molar-refractivity contribution in [3.8, 4) is 0 Å². The lowest BCUT2D eigenvalue weighted by molar-refractivity contribution is 0.0522. The second kappa shape index (κ2) is 12.8. The molecule has 8 nitrogen and oxygen atoms in total. The van der Waals surface area contributed by atoms with Gasteiger partial charge in [0.2, 0.25) is 0 Å². The van der Waals surface area contributed by atoms with E-state index in [1.807, 2.05) is 45.0 Å². The van der Waals surface area contributed by atoms with Crippen LogP contribution in [0.15, 0.2) is 29.3 Å². The molecule has 0 aliphatic rings. The molecule has 0 saturated carbocycles. The topological polar surface area (TPSA) is 95.1 Å². The van der Waals surface area contributed by atoms with Crippen LogP contribution in [0, 0.1) is 0 Å². The Morgan fingerprint density at radius 3 is 2.29 bits per heavy atom. The summed E-state index contributed by atoms with van der Waals surface area (Å²) >= 11 is 0. The molecule has 0 fully saturated rings. The number of unbranched alkanes of at least 4 members (excludes halogenated alkanes) is 1. The molecule has 0 saturated heterocycles. The summed E-state index contributed by atoms with van der Waals surface area (Å²) in [4.78, 5) is 29.8. The van der Waals surface area contributed by atoms with Gasteiger partial charge >= 0.3 is 6.09 Å². The van der Waals surface area contributed by atoms with E-state index in [0.717, 1.165) is 24.8 Å². The molecule has 0 heterocycles. The van der Waals surface area contributed by atoms with Crippen LogP contribution in [0.2, 0.25) is 0 Å². The van der Waals surface area contributed by atoms with Gasteiger partial charge in [0.1, 0.15) is 5.60 Å². The minimum absolute atomic E-state index is 0.0201. The zero-order valence-corrected chi connectivity index (χ0v) is 20.0. The van der Waals surface area contributed by atoms with Crippen molar-refractivity contribution in [1.82, 2.24) is 20.9 Å². The number of amides is 2. The molecule has 31 heavy (non-hydrogen) atoms. The molecule has 0 bridgehead atoms. The molecule has 1 rings (SSSR count). The van der Waals surface area contributed by atoms with E-state index in [-0.39, 0.29) is 11.9 Å². The number of benzene rings is 1. The average Bonchev–Trinajstić information content (AvgIpc) is 2.71. The fourth-order valence-corrected chi connectivity index (χ4v) is 2.79.